The molecular formula is C22H13F5N2O5. The van der Waals surface area contributed by atoms with E-state index in [-0.39, 0.29) is 11.6 Å². The predicted molar refractivity (Wildman–Crippen MR) is 110 cm³/mol. The number of aryl methyl sites for hydroxylation is 1. The summed E-state index contributed by atoms with van der Waals surface area (Å²) in [6.45, 7) is 0. The van der Waals surface area contributed by atoms with E-state index < -0.39 is 57.2 Å². The van der Waals surface area contributed by atoms with E-state index in [0.29, 0.717) is 10.8 Å². The van der Waals surface area contributed by atoms with Gasteiger partial charge in [0.2, 0.25) is 5.43 Å². The molecule has 0 amide bonds. The van der Waals surface area contributed by atoms with Gasteiger partial charge in [0.1, 0.15) is 11.1 Å². The molecule has 2 aromatic heterocycles. The van der Waals surface area contributed by atoms with Crippen LogP contribution in [0, 0.1) is 11.6 Å². The van der Waals surface area contributed by atoms with Crippen molar-refractivity contribution >= 4 is 33.7 Å². The van der Waals surface area contributed by atoms with Crippen LogP contribution in [0.15, 0.2) is 53.6 Å². The zero-order valence-electron chi connectivity index (χ0n) is 17.0. The Hall–Kier alpha value is -4.35. The van der Waals surface area contributed by atoms with Gasteiger partial charge in [0.05, 0.1) is 22.0 Å². The Morgan fingerprint density at radius 1 is 1.03 bits per heavy atom. The van der Waals surface area contributed by atoms with Gasteiger partial charge < -0.3 is 14.8 Å². The highest BCUT2D eigenvalue weighted by molar-refractivity contribution is 5.94. The highest BCUT2D eigenvalue weighted by Crippen LogP contribution is 2.37. The highest BCUT2D eigenvalue weighted by atomic mass is 19.4. The van der Waals surface area contributed by atoms with Gasteiger partial charge in [0, 0.05) is 24.8 Å². The molecule has 0 bridgehead atoms. The lowest BCUT2D eigenvalue weighted by atomic mass is 10.1. The van der Waals surface area contributed by atoms with Crippen molar-refractivity contribution in [2.75, 3.05) is 0 Å². The van der Waals surface area contributed by atoms with Crippen LogP contribution in [0.5, 0.6) is 0 Å². The van der Waals surface area contributed by atoms with E-state index in [1.807, 2.05) is 24.3 Å². The molecule has 2 heterocycles. The van der Waals surface area contributed by atoms with Gasteiger partial charge in [0.15, 0.2) is 11.6 Å². The Morgan fingerprint density at radius 2 is 1.68 bits per heavy atom. The van der Waals surface area contributed by atoms with Crippen molar-refractivity contribution in [1.29, 1.82) is 0 Å². The summed E-state index contributed by atoms with van der Waals surface area (Å²) >= 11 is 0. The first-order valence-corrected chi connectivity index (χ1v) is 9.22. The molecule has 2 aromatic carbocycles. The molecule has 0 aliphatic heterocycles. The zero-order chi connectivity index (χ0) is 25.4. The number of aromatic carboxylic acids is 2. The van der Waals surface area contributed by atoms with Crippen molar-refractivity contribution in [3.63, 3.8) is 0 Å². The minimum absolute atomic E-state index is 0.221. The smallest absolute Gasteiger partial charge is 0.421 e. The molecular weight excluding hydrogens is 467 g/mol. The predicted octanol–water partition coefficient (Wildman–Crippen LogP) is 4.47. The Morgan fingerprint density at radius 3 is 2.26 bits per heavy atom. The lowest BCUT2D eigenvalue weighted by Crippen LogP contribution is -2.22. The van der Waals surface area contributed by atoms with Gasteiger partial charge in [0.25, 0.3) is 0 Å². The molecule has 2 N–H and O–H groups in total. The molecule has 12 heteroatoms. The summed E-state index contributed by atoms with van der Waals surface area (Å²) < 4.78 is 66.1. The van der Waals surface area contributed by atoms with Crippen molar-refractivity contribution in [3.8, 4) is 0 Å². The van der Waals surface area contributed by atoms with Gasteiger partial charge in [-0.2, -0.15) is 13.2 Å². The fraction of sp³-hybridized carbons (Fsp3) is 0.0909. The van der Waals surface area contributed by atoms with E-state index in [4.69, 9.17) is 10.2 Å². The van der Waals surface area contributed by atoms with E-state index in [0.717, 1.165) is 18.0 Å². The number of para-hydroxylation sites is 1. The Kier molecular flexibility index (Phi) is 6.35. The normalized spacial score (nSPS) is 11.2. The van der Waals surface area contributed by atoms with Crippen molar-refractivity contribution in [2.24, 2.45) is 7.05 Å². The molecule has 0 radical (unpaired) electrons. The molecule has 0 unspecified atom stereocenters. The average molecular weight is 480 g/mol. The van der Waals surface area contributed by atoms with Crippen LogP contribution in [-0.4, -0.2) is 31.7 Å². The number of carboxylic acid groups (broad SMARTS) is 2. The molecule has 0 saturated carbocycles. The van der Waals surface area contributed by atoms with Crippen LogP contribution in [-0.2, 0) is 13.2 Å². The maximum absolute atomic E-state index is 13.5. The van der Waals surface area contributed by atoms with E-state index >= 15 is 0 Å². The molecule has 0 fully saturated rings. The number of fused-ring (bicyclic) bond motifs is 2. The maximum Gasteiger partial charge on any atom is 0.421 e. The monoisotopic (exact) mass is 480 g/mol. The summed E-state index contributed by atoms with van der Waals surface area (Å²) in [7, 11) is 1.00. The fourth-order valence-electron chi connectivity index (χ4n) is 3.22. The second-order valence-electron chi connectivity index (χ2n) is 6.95. The summed E-state index contributed by atoms with van der Waals surface area (Å²) in [5, 5.41) is 17.5. The lowest BCUT2D eigenvalue weighted by Gasteiger charge is -2.15. The molecule has 4 aromatic rings. The highest BCUT2D eigenvalue weighted by Gasteiger charge is 2.39. The molecule has 4 rings (SSSR count). The number of halogens is 5. The Labute approximate surface area is 186 Å². The number of hydrogen-bond acceptors (Lipinski definition) is 4. The molecule has 0 aliphatic rings. The Balaban J connectivity index is 0.000000212. The van der Waals surface area contributed by atoms with Crippen LogP contribution >= 0.6 is 0 Å². The molecule has 7 nitrogen and oxygen atoms in total. The molecule has 176 valence electrons. The lowest BCUT2D eigenvalue weighted by molar-refractivity contribution is -0.139. The van der Waals surface area contributed by atoms with Crippen molar-refractivity contribution in [2.45, 2.75) is 6.18 Å². The van der Waals surface area contributed by atoms with E-state index in [1.54, 1.807) is 6.07 Å². The first-order chi connectivity index (χ1) is 15.8. The molecule has 0 atom stereocenters. The third kappa shape index (κ3) is 4.56. The number of alkyl halides is 3. The second kappa shape index (κ2) is 8.89. The summed E-state index contributed by atoms with van der Waals surface area (Å²) in [6.07, 6.45) is -3.26. The number of nitrogens with zero attached hydrogens (tertiary/aromatic N) is 2. The van der Waals surface area contributed by atoms with Crippen LogP contribution in [0.3, 0.4) is 0 Å². The Bertz CT molecular complexity index is 1510. The first kappa shape index (κ1) is 24.3. The van der Waals surface area contributed by atoms with E-state index in [9.17, 15) is 36.3 Å². The van der Waals surface area contributed by atoms with Gasteiger partial charge >= 0.3 is 18.1 Å². The van der Waals surface area contributed by atoms with Crippen molar-refractivity contribution < 1.29 is 41.8 Å². The van der Waals surface area contributed by atoms with Crippen LogP contribution in [0.1, 0.15) is 26.3 Å². The average Bonchev–Trinajstić information content (AvgIpc) is 2.76. The van der Waals surface area contributed by atoms with Crippen LogP contribution in [0.4, 0.5) is 22.0 Å². The number of pyridine rings is 2. The van der Waals surface area contributed by atoms with Crippen molar-refractivity contribution in [3.05, 3.63) is 87.3 Å². The number of benzene rings is 2. The standard InChI is InChI=1S/C12H6F5NO3.C10H7NO2/c1-18-3-5(11(20)21)10(19)4-2-6(13)8(14)7(9(4)18)12(15,16)17;12-10(13)8-5-7-3-1-2-4-9(7)11-6-8/h2-3H,1H3,(H,20,21);1-6H,(H,12,13). The van der Waals surface area contributed by atoms with Gasteiger partial charge in [-0.05, 0) is 18.2 Å². The zero-order valence-corrected chi connectivity index (χ0v) is 17.0. The summed E-state index contributed by atoms with van der Waals surface area (Å²) in [5.41, 5.74) is -4.00. The second-order valence-corrected chi connectivity index (χ2v) is 6.95. The third-order valence-electron chi connectivity index (χ3n) is 4.71. The van der Waals surface area contributed by atoms with E-state index in [1.165, 1.54) is 6.20 Å². The minimum Gasteiger partial charge on any atom is -0.478 e. The number of carboxylic acids is 2. The van der Waals surface area contributed by atoms with Crippen molar-refractivity contribution in [1.82, 2.24) is 9.55 Å². The van der Waals surface area contributed by atoms with Gasteiger partial charge in [-0.25, -0.2) is 18.4 Å². The van der Waals surface area contributed by atoms with Crippen LogP contribution in [0.2, 0.25) is 0 Å². The fourth-order valence-corrected chi connectivity index (χ4v) is 3.22. The molecule has 0 spiro atoms. The molecule has 0 saturated heterocycles. The summed E-state index contributed by atoms with van der Waals surface area (Å²) in [5.74, 6) is -6.66. The first-order valence-electron chi connectivity index (χ1n) is 9.22. The SMILES string of the molecule is Cn1cc(C(=O)O)c(=O)c2cc(F)c(F)c(C(F)(F)F)c21.O=C(O)c1cnc2ccccc2c1. The molecule has 34 heavy (non-hydrogen) atoms. The number of rotatable bonds is 2. The minimum atomic E-state index is -5.25. The number of hydrogen-bond donors (Lipinski definition) is 2. The van der Waals surface area contributed by atoms with Gasteiger partial charge in [-0.15, -0.1) is 0 Å². The van der Waals surface area contributed by atoms with Crippen LogP contribution in [0.25, 0.3) is 21.8 Å². The number of aromatic nitrogens is 2. The topological polar surface area (TPSA) is 109 Å². The summed E-state index contributed by atoms with van der Waals surface area (Å²) in [6, 6.07) is 9.29. The molecule has 0 aliphatic carbocycles. The quantitative estimate of drug-likeness (QED) is 0.410. The van der Waals surface area contributed by atoms with Gasteiger partial charge in [-0.1, -0.05) is 18.2 Å². The van der Waals surface area contributed by atoms with E-state index in [2.05, 4.69) is 4.98 Å². The summed E-state index contributed by atoms with van der Waals surface area (Å²) in [4.78, 5) is 37.3. The van der Waals surface area contributed by atoms with Crippen LogP contribution < -0.4 is 5.43 Å². The third-order valence-corrected chi connectivity index (χ3v) is 4.71. The largest absolute Gasteiger partial charge is 0.478 e. The van der Waals surface area contributed by atoms with Gasteiger partial charge in [-0.3, -0.25) is 9.78 Å². The number of carbonyl (C=O) groups is 2. The maximum atomic E-state index is 13.5.